The third kappa shape index (κ3) is 3.82. The lowest BCUT2D eigenvalue weighted by Crippen LogP contribution is -2.24. The van der Waals surface area contributed by atoms with Crippen molar-refractivity contribution in [3.63, 3.8) is 0 Å². The third-order valence-electron chi connectivity index (χ3n) is 3.69. The van der Waals surface area contributed by atoms with E-state index in [1.807, 2.05) is 6.92 Å². The van der Waals surface area contributed by atoms with Crippen LogP contribution in [0.2, 0.25) is 0 Å². The number of nitrogens with zero attached hydrogens (tertiary/aromatic N) is 1. The smallest absolute Gasteiger partial charge is 0.277 e. The van der Waals surface area contributed by atoms with E-state index in [9.17, 15) is 13.2 Å². The molecule has 0 radical (unpaired) electrons. The van der Waals surface area contributed by atoms with Crippen LogP contribution >= 0.6 is 0 Å². The van der Waals surface area contributed by atoms with E-state index in [1.54, 1.807) is 18.2 Å². The quantitative estimate of drug-likeness (QED) is 0.800. The number of sulfonamides is 1. The number of carbonyl (C=O) groups excluding carboxylic acids is 1. The van der Waals surface area contributed by atoms with Crippen LogP contribution in [0.25, 0.3) is 0 Å². The molecule has 0 spiro atoms. The fraction of sp³-hybridized carbons (Fsp3) is 0.375. The summed E-state index contributed by atoms with van der Waals surface area (Å²) in [7, 11) is -3.58. The number of carbonyl (C=O) groups is 1. The summed E-state index contributed by atoms with van der Waals surface area (Å²) in [6.45, 7) is 2.24. The van der Waals surface area contributed by atoms with Gasteiger partial charge in [0.25, 0.3) is 5.91 Å². The Hall–Kier alpha value is -2.19. The fourth-order valence-corrected chi connectivity index (χ4v) is 3.39. The Bertz CT molecular complexity index is 841. The van der Waals surface area contributed by atoms with Crippen molar-refractivity contribution in [2.24, 2.45) is 0 Å². The normalized spacial score (nSPS) is 14.5. The van der Waals surface area contributed by atoms with E-state index >= 15 is 0 Å². The number of hydrogen-bond acceptors (Lipinski definition) is 5. The number of nitrogens with one attached hydrogen (secondary N) is 2. The zero-order chi connectivity index (χ0) is 17.2. The van der Waals surface area contributed by atoms with E-state index in [0.717, 1.165) is 18.6 Å². The van der Waals surface area contributed by atoms with Gasteiger partial charge in [-0.2, -0.15) is 0 Å². The second-order valence-electron chi connectivity index (χ2n) is 5.77. The molecule has 1 heterocycles. The summed E-state index contributed by atoms with van der Waals surface area (Å²) < 4.78 is 31.9. The van der Waals surface area contributed by atoms with Crippen molar-refractivity contribution >= 4 is 21.6 Å². The number of aromatic nitrogens is 1. The molecule has 1 saturated carbocycles. The number of anilines is 1. The molecule has 0 bridgehead atoms. The Morgan fingerprint density at radius 1 is 1.33 bits per heavy atom. The lowest BCUT2D eigenvalue weighted by molar-refractivity contribution is 0.101. The average molecular weight is 349 g/mol. The molecule has 0 saturated heterocycles. The van der Waals surface area contributed by atoms with Crippen LogP contribution in [-0.2, 0) is 10.0 Å². The Morgan fingerprint density at radius 2 is 2.12 bits per heavy atom. The van der Waals surface area contributed by atoms with Crippen molar-refractivity contribution in [1.82, 2.24) is 9.88 Å². The molecule has 7 nitrogen and oxygen atoms in total. The second-order valence-corrected chi connectivity index (χ2v) is 7.54. The van der Waals surface area contributed by atoms with Gasteiger partial charge in [-0.1, -0.05) is 18.1 Å². The van der Waals surface area contributed by atoms with Gasteiger partial charge in [-0.15, -0.1) is 0 Å². The molecular formula is C16H19N3O4S. The lowest BCUT2D eigenvalue weighted by Gasteiger charge is -2.08. The van der Waals surface area contributed by atoms with E-state index < -0.39 is 15.9 Å². The van der Waals surface area contributed by atoms with Crippen molar-refractivity contribution < 1.29 is 17.7 Å². The summed E-state index contributed by atoms with van der Waals surface area (Å²) in [4.78, 5) is 12.3. The van der Waals surface area contributed by atoms with Crippen LogP contribution in [0, 0.1) is 0 Å². The molecule has 1 aliphatic rings. The molecule has 1 aromatic heterocycles. The van der Waals surface area contributed by atoms with E-state index in [2.05, 4.69) is 15.2 Å². The van der Waals surface area contributed by atoms with Crippen LogP contribution in [0.5, 0.6) is 0 Å². The van der Waals surface area contributed by atoms with Gasteiger partial charge >= 0.3 is 0 Å². The van der Waals surface area contributed by atoms with Gasteiger partial charge in [0, 0.05) is 24.2 Å². The van der Waals surface area contributed by atoms with Gasteiger partial charge in [0.05, 0.1) is 4.90 Å². The van der Waals surface area contributed by atoms with Crippen LogP contribution in [0.3, 0.4) is 0 Å². The van der Waals surface area contributed by atoms with Gasteiger partial charge in [-0.25, -0.2) is 13.1 Å². The van der Waals surface area contributed by atoms with Crippen LogP contribution in [0.4, 0.5) is 5.69 Å². The van der Waals surface area contributed by atoms with Crippen LogP contribution < -0.4 is 10.0 Å². The molecule has 1 aliphatic carbocycles. The van der Waals surface area contributed by atoms with E-state index in [1.165, 1.54) is 12.1 Å². The van der Waals surface area contributed by atoms with Crippen LogP contribution in [-0.4, -0.2) is 26.0 Å². The second kappa shape index (κ2) is 6.74. The largest absolute Gasteiger partial charge is 0.360 e. The number of rotatable bonds is 7. The molecule has 1 amide bonds. The van der Waals surface area contributed by atoms with Gasteiger partial charge < -0.3 is 9.84 Å². The molecule has 1 aromatic carbocycles. The van der Waals surface area contributed by atoms with Gasteiger partial charge in [0.15, 0.2) is 5.69 Å². The van der Waals surface area contributed by atoms with Crippen molar-refractivity contribution in [3.8, 4) is 0 Å². The zero-order valence-corrected chi connectivity index (χ0v) is 14.1. The minimum absolute atomic E-state index is 0.104. The van der Waals surface area contributed by atoms with Crippen LogP contribution in [0.1, 0.15) is 48.4 Å². The summed E-state index contributed by atoms with van der Waals surface area (Å²) in [5, 5.41) is 6.41. The number of benzene rings is 1. The molecule has 128 valence electrons. The standard InChI is InChI=1S/C16H19N3O4S/c1-2-8-17-24(21,22)13-5-3-4-12(9-13)18-16(20)14-10-15(23-19-14)11-6-7-11/h3-5,9-11,17H,2,6-8H2,1H3,(H,18,20). The van der Waals surface area contributed by atoms with E-state index in [4.69, 9.17) is 4.52 Å². The molecule has 0 unspecified atom stereocenters. The Kier molecular flexibility index (Phi) is 4.68. The maximum Gasteiger partial charge on any atom is 0.277 e. The highest BCUT2D eigenvalue weighted by Crippen LogP contribution is 2.40. The predicted molar refractivity (Wildman–Crippen MR) is 88.4 cm³/mol. The molecule has 24 heavy (non-hydrogen) atoms. The fourth-order valence-electron chi connectivity index (χ4n) is 2.21. The van der Waals surface area contributed by atoms with Crippen molar-refractivity contribution in [2.45, 2.75) is 37.0 Å². The summed E-state index contributed by atoms with van der Waals surface area (Å²) in [6, 6.07) is 7.73. The molecule has 0 atom stereocenters. The van der Waals surface area contributed by atoms with Crippen LogP contribution in [0.15, 0.2) is 39.8 Å². The van der Waals surface area contributed by atoms with Gasteiger partial charge in [-0.05, 0) is 37.5 Å². The van der Waals surface area contributed by atoms with Crippen molar-refractivity contribution in [1.29, 1.82) is 0 Å². The Labute approximate surface area is 140 Å². The highest BCUT2D eigenvalue weighted by atomic mass is 32.2. The van der Waals surface area contributed by atoms with Gasteiger partial charge in [-0.3, -0.25) is 4.79 Å². The molecule has 1 fully saturated rings. The van der Waals surface area contributed by atoms with Gasteiger partial charge in [0.1, 0.15) is 5.76 Å². The molecule has 0 aliphatic heterocycles. The number of hydrogen-bond donors (Lipinski definition) is 2. The first-order valence-corrected chi connectivity index (χ1v) is 9.35. The predicted octanol–water partition coefficient (Wildman–Crippen LogP) is 2.49. The average Bonchev–Trinajstić information content (AvgIpc) is 3.30. The molecular weight excluding hydrogens is 330 g/mol. The first-order valence-electron chi connectivity index (χ1n) is 7.87. The van der Waals surface area contributed by atoms with E-state index in [-0.39, 0.29) is 10.6 Å². The highest BCUT2D eigenvalue weighted by molar-refractivity contribution is 7.89. The highest BCUT2D eigenvalue weighted by Gasteiger charge is 2.29. The first kappa shape index (κ1) is 16.7. The minimum Gasteiger partial charge on any atom is -0.360 e. The first-order chi connectivity index (χ1) is 11.5. The topological polar surface area (TPSA) is 101 Å². The summed E-state index contributed by atoms with van der Waals surface area (Å²) in [6.07, 6.45) is 2.81. The van der Waals surface area contributed by atoms with Crippen molar-refractivity contribution in [3.05, 3.63) is 41.8 Å². The third-order valence-corrected chi connectivity index (χ3v) is 5.14. The maximum absolute atomic E-state index is 12.2. The Morgan fingerprint density at radius 3 is 2.83 bits per heavy atom. The maximum atomic E-state index is 12.2. The number of amides is 1. The van der Waals surface area contributed by atoms with E-state index in [0.29, 0.717) is 24.6 Å². The SMILES string of the molecule is CCCNS(=O)(=O)c1cccc(NC(=O)c2cc(C3CC3)on2)c1. The lowest BCUT2D eigenvalue weighted by atomic mass is 10.2. The van der Waals surface area contributed by atoms with Gasteiger partial charge in [0.2, 0.25) is 10.0 Å². The Balaban J connectivity index is 1.72. The monoisotopic (exact) mass is 349 g/mol. The zero-order valence-electron chi connectivity index (χ0n) is 13.3. The molecule has 8 heteroatoms. The molecule has 2 aromatic rings. The summed E-state index contributed by atoms with van der Waals surface area (Å²) >= 11 is 0. The summed E-state index contributed by atoms with van der Waals surface area (Å²) in [5.74, 6) is 0.666. The van der Waals surface area contributed by atoms with Crippen molar-refractivity contribution in [2.75, 3.05) is 11.9 Å². The molecule has 2 N–H and O–H groups in total. The molecule has 3 rings (SSSR count). The summed E-state index contributed by atoms with van der Waals surface area (Å²) in [5.41, 5.74) is 0.574. The minimum atomic E-state index is -3.58.